The van der Waals surface area contributed by atoms with E-state index >= 15 is 0 Å². The molecule has 14 nitrogen and oxygen atoms in total. The lowest BCUT2D eigenvalue weighted by molar-refractivity contribution is -0.144. The molecule has 1 unspecified atom stereocenters. The van der Waals surface area contributed by atoms with Gasteiger partial charge < -0.3 is 19.9 Å². The van der Waals surface area contributed by atoms with E-state index < -0.39 is 65.4 Å². The van der Waals surface area contributed by atoms with E-state index in [1.165, 1.54) is 16.8 Å². The van der Waals surface area contributed by atoms with Crippen LogP contribution in [-0.2, 0) is 52.9 Å². The summed E-state index contributed by atoms with van der Waals surface area (Å²) in [7, 11) is 0. The monoisotopic (exact) mass is 802 g/mol. The minimum absolute atomic E-state index is 0.0287. The minimum atomic E-state index is -1.04. The van der Waals surface area contributed by atoms with Gasteiger partial charge in [0.05, 0.1) is 12.6 Å². The Balaban J connectivity index is 1.29. The molecule has 1 aliphatic carbocycles. The maximum absolute atomic E-state index is 14.6. The van der Waals surface area contributed by atoms with Gasteiger partial charge in [-0.3, -0.25) is 33.9 Å². The summed E-state index contributed by atoms with van der Waals surface area (Å²) in [4.78, 5) is 103. The van der Waals surface area contributed by atoms with E-state index in [0.29, 0.717) is 51.6 Å². The Morgan fingerprint density at radius 1 is 0.966 bits per heavy atom. The van der Waals surface area contributed by atoms with Crippen molar-refractivity contribution < 1.29 is 38.3 Å². The molecule has 58 heavy (non-hydrogen) atoms. The largest absolute Gasteiger partial charge is 0.444 e. The molecule has 3 amide bonds. The van der Waals surface area contributed by atoms with Crippen LogP contribution < -0.4 is 5.32 Å². The molecular formula is C44H62N6O8. The fraction of sp³-hybridized carbons (Fsp3) is 0.659. The lowest BCUT2D eigenvalue weighted by Crippen LogP contribution is -2.55. The second-order valence-electron chi connectivity index (χ2n) is 17.2. The third-order valence-electron chi connectivity index (χ3n) is 11.9. The molecule has 1 aromatic heterocycles. The molecular weight excluding hydrogens is 741 g/mol. The molecule has 1 saturated carbocycles. The highest BCUT2D eigenvalue weighted by molar-refractivity contribution is 6.38. The predicted octanol–water partition coefficient (Wildman–Crippen LogP) is 5.37. The average Bonchev–Trinajstić information content (AvgIpc) is 3.66. The minimum Gasteiger partial charge on any atom is -0.444 e. The molecule has 0 spiro atoms. The normalized spacial score (nSPS) is 19.4. The molecule has 2 aliphatic heterocycles. The zero-order chi connectivity index (χ0) is 41.9. The summed E-state index contributed by atoms with van der Waals surface area (Å²) >= 11 is 0. The van der Waals surface area contributed by atoms with Crippen molar-refractivity contribution in [1.29, 1.82) is 0 Å². The number of Topliss-reactive ketones (excluding diaryl/α,β-unsaturated/α-hetero) is 4. The van der Waals surface area contributed by atoms with E-state index in [1.807, 2.05) is 45.0 Å². The Hall–Kier alpha value is -4.75. The molecule has 14 heteroatoms. The first-order valence-corrected chi connectivity index (χ1v) is 21.3. The summed E-state index contributed by atoms with van der Waals surface area (Å²) in [6.45, 7) is 10.00. The maximum Gasteiger partial charge on any atom is 0.410 e. The topological polar surface area (TPSA) is 189 Å². The Bertz CT molecular complexity index is 1770. The molecule has 316 valence electrons. The highest BCUT2D eigenvalue weighted by Gasteiger charge is 2.46. The Morgan fingerprint density at radius 3 is 2.36 bits per heavy atom. The van der Waals surface area contributed by atoms with Gasteiger partial charge in [-0.1, -0.05) is 65.3 Å². The van der Waals surface area contributed by atoms with E-state index in [-0.39, 0.29) is 55.6 Å². The number of hydrogen-bond acceptors (Lipinski definition) is 10. The Morgan fingerprint density at radius 2 is 1.71 bits per heavy atom. The van der Waals surface area contributed by atoms with Gasteiger partial charge in [-0.25, -0.2) is 9.78 Å². The van der Waals surface area contributed by atoms with Gasteiger partial charge >= 0.3 is 6.09 Å². The highest BCUT2D eigenvalue weighted by atomic mass is 16.6. The standard InChI is InChI=1S/C44H62N6O8/c1-6-11-31(41(54)38(53)20-29-16-17-29)21-37(52)36-23-34(58-44(57)49-19-18-30-12-7-8-13-32(30)24-49)25-50(36)43(56)40(28(4)5)47-42(55)35(27(2)3)22-33(51)14-9-10-15-39-45-26-46-48-39/h7-8,12-13,26-29,31,34-36,40H,6,9-11,14-25H2,1-5H3,(H,47,55)(H,45,46,48)/t31?,34-,35-,36+,40+/m1/s1. The number of nitrogens with one attached hydrogen (secondary N) is 2. The van der Waals surface area contributed by atoms with Gasteiger partial charge in [0, 0.05) is 63.5 Å². The van der Waals surface area contributed by atoms with Gasteiger partial charge in [0.15, 0.2) is 11.6 Å². The summed E-state index contributed by atoms with van der Waals surface area (Å²) in [5.74, 6) is -3.42. The number of aromatic nitrogens is 3. The first-order valence-electron chi connectivity index (χ1n) is 21.3. The molecule has 2 fully saturated rings. The van der Waals surface area contributed by atoms with Crippen LogP contribution in [0, 0.1) is 29.6 Å². The zero-order valence-electron chi connectivity index (χ0n) is 34.9. The number of aromatic amines is 1. The number of nitrogens with zero attached hydrogens (tertiary/aromatic N) is 4. The maximum atomic E-state index is 14.6. The molecule has 0 bridgehead atoms. The number of ketones is 4. The molecule has 2 aromatic rings. The van der Waals surface area contributed by atoms with E-state index in [1.54, 1.807) is 18.7 Å². The van der Waals surface area contributed by atoms with Gasteiger partial charge in [0.2, 0.25) is 17.6 Å². The smallest absolute Gasteiger partial charge is 0.410 e. The fourth-order valence-electron chi connectivity index (χ4n) is 8.16. The van der Waals surface area contributed by atoms with Crippen molar-refractivity contribution in [3.63, 3.8) is 0 Å². The quantitative estimate of drug-likeness (QED) is 0.116. The van der Waals surface area contributed by atoms with Crippen LogP contribution in [0.3, 0.4) is 0 Å². The van der Waals surface area contributed by atoms with Crippen LogP contribution in [0.25, 0.3) is 0 Å². The first-order chi connectivity index (χ1) is 27.7. The second-order valence-corrected chi connectivity index (χ2v) is 17.2. The third-order valence-corrected chi connectivity index (χ3v) is 11.9. The van der Waals surface area contributed by atoms with Crippen LogP contribution >= 0.6 is 0 Å². The SMILES string of the molecule is CCCC(CC(=O)[C@@H]1C[C@@H](OC(=O)N2CCc3ccccc3C2)CN1C(=O)[C@@H](NC(=O)[C@H](CC(=O)CCCCc1ncn[nH]1)C(C)C)C(C)C)C(=O)C(=O)CC1CC1. The summed E-state index contributed by atoms with van der Waals surface area (Å²) in [5, 5.41) is 9.59. The average molecular weight is 803 g/mol. The van der Waals surface area contributed by atoms with Gasteiger partial charge in [-0.15, -0.1) is 0 Å². The summed E-state index contributed by atoms with van der Waals surface area (Å²) in [5.41, 5.74) is 2.20. The van der Waals surface area contributed by atoms with Crippen molar-refractivity contribution in [3.8, 4) is 0 Å². The number of aryl methyl sites for hydroxylation is 1. The highest BCUT2D eigenvalue weighted by Crippen LogP contribution is 2.34. The zero-order valence-corrected chi connectivity index (χ0v) is 34.9. The number of rotatable bonds is 22. The van der Waals surface area contributed by atoms with Crippen LogP contribution in [-0.4, -0.2) is 97.3 Å². The third kappa shape index (κ3) is 12.1. The molecule has 3 heterocycles. The number of carbonyl (C=O) groups excluding carboxylic acids is 7. The number of benzene rings is 1. The lowest BCUT2D eigenvalue weighted by Gasteiger charge is -2.32. The van der Waals surface area contributed by atoms with E-state index in [4.69, 9.17) is 4.74 Å². The molecule has 0 radical (unpaired) electrons. The fourth-order valence-corrected chi connectivity index (χ4v) is 8.16. The number of unbranched alkanes of at least 4 members (excludes halogenated alkanes) is 1. The van der Waals surface area contributed by atoms with Crippen LogP contribution in [0.4, 0.5) is 4.79 Å². The number of ether oxygens (including phenoxy) is 1. The predicted molar refractivity (Wildman–Crippen MR) is 215 cm³/mol. The molecule has 5 atom stereocenters. The molecule has 1 aromatic carbocycles. The molecule has 1 saturated heterocycles. The number of likely N-dealkylation sites (tertiary alicyclic amines) is 1. The van der Waals surface area contributed by atoms with Crippen molar-refractivity contribution in [2.45, 2.75) is 143 Å². The summed E-state index contributed by atoms with van der Waals surface area (Å²) in [6, 6.07) is 5.84. The van der Waals surface area contributed by atoms with Crippen molar-refractivity contribution >= 4 is 41.0 Å². The Kier molecular flexibility index (Phi) is 15.9. The van der Waals surface area contributed by atoms with Crippen molar-refractivity contribution in [1.82, 2.24) is 30.3 Å². The van der Waals surface area contributed by atoms with Crippen LogP contribution in [0.1, 0.15) is 122 Å². The number of H-pyrrole nitrogens is 1. The van der Waals surface area contributed by atoms with E-state index in [2.05, 4.69) is 20.5 Å². The lowest BCUT2D eigenvalue weighted by atomic mass is 9.87. The number of carbonyl (C=O) groups is 7. The number of hydrogen-bond donors (Lipinski definition) is 2. The van der Waals surface area contributed by atoms with Crippen molar-refractivity contribution in [2.75, 3.05) is 13.1 Å². The molecule has 2 N–H and O–H groups in total. The summed E-state index contributed by atoms with van der Waals surface area (Å²) < 4.78 is 6.00. The van der Waals surface area contributed by atoms with Crippen LogP contribution in [0.5, 0.6) is 0 Å². The first kappa shape index (κ1) is 44.4. The number of amides is 3. The van der Waals surface area contributed by atoms with E-state index in [0.717, 1.165) is 30.7 Å². The molecule has 5 rings (SSSR count). The van der Waals surface area contributed by atoms with E-state index in [9.17, 15) is 33.6 Å². The van der Waals surface area contributed by atoms with Gasteiger partial charge in [0.25, 0.3) is 0 Å². The van der Waals surface area contributed by atoms with Gasteiger partial charge in [0.1, 0.15) is 30.1 Å². The van der Waals surface area contributed by atoms with Crippen LogP contribution in [0.2, 0.25) is 0 Å². The van der Waals surface area contributed by atoms with Crippen LogP contribution in [0.15, 0.2) is 30.6 Å². The van der Waals surface area contributed by atoms with Crippen molar-refractivity contribution in [3.05, 3.63) is 47.5 Å². The second kappa shape index (κ2) is 20.8. The number of fused-ring (bicyclic) bond motifs is 1. The summed E-state index contributed by atoms with van der Waals surface area (Å²) in [6.07, 6.45) is 5.97. The van der Waals surface area contributed by atoms with Gasteiger partial charge in [-0.2, -0.15) is 5.10 Å². The molecule has 3 aliphatic rings. The van der Waals surface area contributed by atoms with Crippen molar-refractivity contribution in [2.24, 2.45) is 29.6 Å². The Labute approximate surface area is 342 Å². The van der Waals surface area contributed by atoms with Gasteiger partial charge in [-0.05, 0) is 67.4 Å².